The summed E-state index contributed by atoms with van der Waals surface area (Å²) < 4.78 is 11.0. The van der Waals surface area contributed by atoms with Gasteiger partial charge in [0.05, 0.1) is 11.1 Å². The molecular formula is C21H24BrN3O5. The second-order valence-corrected chi connectivity index (χ2v) is 7.47. The molecule has 0 radical (unpaired) electrons. The molecule has 0 saturated heterocycles. The van der Waals surface area contributed by atoms with Crippen LogP contribution in [0.2, 0.25) is 0 Å². The molecule has 2 rings (SSSR count). The number of methoxy groups -OCH3 is 1. The summed E-state index contributed by atoms with van der Waals surface area (Å²) in [5.74, 6) is -0.635. The molecule has 0 aromatic heterocycles. The van der Waals surface area contributed by atoms with Gasteiger partial charge in [-0.1, -0.05) is 13.8 Å². The van der Waals surface area contributed by atoms with Crippen molar-refractivity contribution in [2.24, 2.45) is 5.92 Å². The zero-order chi connectivity index (χ0) is 22.1. The lowest BCUT2D eigenvalue weighted by atomic mass is 10.1. The van der Waals surface area contributed by atoms with E-state index in [1.807, 2.05) is 0 Å². The number of ether oxygens (including phenoxy) is 2. The van der Waals surface area contributed by atoms with E-state index in [0.29, 0.717) is 40.3 Å². The van der Waals surface area contributed by atoms with Crippen molar-refractivity contribution in [3.63, 3.8) is 0 Å². The summed E-state index contributed by atoms with van der Waals surface area (Å²) in [6, 6.07) is 11.2. The minimum absolute atomic E-state index is 0.110. The molecule has 0 heterocycles. The van der Waals surface area contributed by atoms with Crippen LogP contribution in [0.15, 0.2) is 46.9 Å². The van der Waals surface area contributed by atoms with Gasteiger partial charge in [0.15, 0.2) is 0 Å². The fourth-order valence-electron chi connectivity index (χ4n) is 2.24. The number of nitrogens with one attached hydrogen (secondary N) is 3. The molecule has 0 unspecified atom stereocenters. The third-order valence-corrected chi connectivity index (χ3v) is 4.59. The van der Waals surface area contributed by atoms with Crippen LogP contribution < -0.4 is 20.9 Å². The molecule has 3 N–H and O–H groups in total. The monoisotopic (exact) mass is 477 g/mol. The Bertz CT molecular complexity index is 900. The first-order valence-electron chi connectivity index (χ1n) is 9.24. The fourth-order valence-corrected chi connectivity index (χ4v) is 2.74. The second kappa shape index (κ2) is 11.3. The van der Waals surface area contributed by atoms with E-state index in [0.717, 1.165) is 0 Å². The van der Waals surface area contributed by atoms with Crippen LogP contribution in [0.4, 0.5) is 5.69 Å². The molecule has 0 bridgehead atoms. The Morgan fingerprint density at radius 1 is 0.933 bits per heavy atom. The molecule has 3 amide bonds. The van der Waals surface area contributed by atoms with Crippen LogP contribution in [0.5, 0.6) is 5.75 Å². The van der Waals surface area contributed by atoms with Crippen LogP contribution in [0.25, 0.3) is 0 Å². The summed E-state index contributed by atoms with van der Waals surface area (Å²) in [6.07, 6.45) is 0. The highest BCUT2D eigenvalue weighted by atomic mass is 79.9. The van der Waals surface area contributed by atoms with Gasteiger partial charge in [0.2, 0.25) is 5.91 Å². The summed E-state index contributed by atoms with van der Waals surface area (Å²) in [4.78, 5) is 36.2. The molecule has 2 aromatic carbocycles. The van der Waals surface area contributed by atoms with Gasteiger partial charge in [-0.05, 0) is 58.4 Å². The molecule has 0 aliphatic rings. The van der Waals surface area contributed by atoms with Crippen LogP contribution >= 0.6 is 15.9 Å². The van der Waals surface area contributed by atoms with Crippen molar-refractivity contribution in [1.82, 2.24) is 10.9 Å². The van der Waals surface area contributed by atoms with Gasteiger partial charge in [0.25, 0.3) is 11.8 Å². The first-order valence-corrected chi connectivity index (χ1v) is 10.0. The van der Waals surface area contributed by atoms with Crippen LogP contribution in [0.1, 0.15) is 34.6 Å². The van der Waals surface area contributed by atoms with Crippen molar-refractivity contribution < 1.29 is 23.9 Å². The van der Waals surface area contributed by atoms with Crippen molar-refractivity contribution in [3.8, 4) is 5.75 Å². The van der Waals surface area contributed by atoms with E-state index in [4.69, 9.17) is 9.47 Å². The van der Waals surface area contributed by atoms with E-state index in [1.165, 1.54) is 0 Å². The Hall–Kier alpha value is -2.91. The van der Waals surface area contributed by atoms with Gasteiger partial charge in [0.1, 0.15) is 12.4 Å². The van der Waals surface area contributed by atoms with E-state index in [1.54, 1.807) is 63.4 Å². The lowest BCUT2D eigenvalue weighted by molar-refractivity contribution is -0.118. The molecule has 2 aromatic rings. The third kappa shape index (κ3) is 6.85. The summed E-state index contributed by atoms with van der Waals surface area (Å²) in [6.45, 7) is 4.42. The lowest BCUT2D eigenvalue weighted by Crippen LogP contribution is -2.41. The number of halogens is 1. The Labute approximate surface area is 183 Å². The smallest absolute Gasteiger partial charge is 0.269 e. The van der Waals surface area contributed by atoms with Crippen molar-refractivity contribution in [2.75, 3.05) is 25.6 Å². The molecule has 9 heteroatoms. The van der Waals surface area contributed by atoms with Gasteiger partial charge in [-0.15, -0.1) is 0 Å². The quantitative estimate of drug-likeness (QED) is 0.400. The number of amides is 3. The molecule has 160 valence electrons. The van der Waals surface area contributed by atoms with E-state index < -0.39 is 11.8 Å². The lowest BCUT2D eigenvalue weighted by Gasteiger charge is -2.11. The normalized spacial score (nSPS) is 10.4. The van der Waals surface area contributed by atoms with Crippen LogP contribution in [0, 0.1) is 5.92 Å². The minimum Gasteiger partial charge on any atom is -0.490 e. The summed E-state index contributed by atoms with van der Waals surface area (Å²) in [7, 11) is 1.58. The Kier molecular flexibility index (Phi) is 8.82. The number of benzene rings is 2. The largest absolute Gasteiger partial charge is 0.490 e. The van der Waals surface area contributed by atoms with E-state index in [-0.39, 0.29) is 11.8 Å². The Morgan fingerprint density at radius 3 is 2.10 bits per heavy atom. The van der Waals surface area contributed by atoms with Gasteiger partial charge in [-0.3, -0.25) is 25.2 Å². The average Bonchev–Trinajstić information content (AvgIpc) is 2.73. The highest BCUT2D eigenvalue weighted by Crippen LogP contribution is 2.26. The maximum Gasteiger partial charge on any atom is 0.269 e. The second-order valence-electron chi connectivity index (χ2n) is 6.62. The number of carbonyl (C=O) groups excluding carboxylic acids is 3. The average molecular weight is 478 g/mol. The number of anilines is 1. The highest BCUT2D eigenvalue weighted by Gasteiger charge is 2.12. The predicted octanol–water partition coefficient (Wildman–Crippen LogP) is 3.14. The molecule has 8 nitrogen and oxygen atoms in total. The van der Waals surface area contributed by atoms with Crippen molar-refractivity contribution >= 4 is 39.3 Å². The summed E-state index contributed by atoms with van der Waals surface area (Å²) in [5, 5.41) is 2.74. The molecule has 0 atom stereocenters. The van der Waals surface area contributed by atoms with Gasteiger partial charge >= 0.3 is 0 Å². The van der Waals surface area contributed by atoms with Crippen LogP contribution in [-0.4, -0.2) is 38.0 Å². The van der Waals surface area contributed by atoms with Crippen LogP contribution in [0.3, 0.4) is 0 Å². The molecule has 0 saturated carbocycles. The number of rotatable bonds is 8. The van der Waals surface area contributed by atoms with Crippen LogP contribution in [-0.2, 0) is 9.53 Å². The van der Waals surface area contributed by atoms with E-state index in [9.17, 15) is 14.4 Å². The SMILES string of the molecule is COCCOc1ccc(C(=O)NNC(=O)c2ccc(NC(=O)C(C)C)cc2)cc1Br. The number of hydrazine groups is 1. The molecule has 0 fully saturated rings. The maximum atomic E-state index is 12.3. The van der Waals surface area contributed by atoms with Gasteiger partial charge in [-0.2, -0.15) is 0 Å². The topological polar surface area (TPSA) is 106 Å². The predicted molar refractivity (Wildman–Crippen MR) is 116 cm³/mol. The molecule has 0 spiro atoms. The number of hydrogen-bond acceptors (Lipinski definition) is 5. The van der Waals surface area contributed by atoms with Gasteiger partial charge in [0, 0.05) is 29.8 Å². The van der Waals surface area contributed by atoms with Crippen molar-refractivity contribution in [1.29, 1.82) is 0 Å². The summed E-state index contributed by atoms with van der Waals surface area (Å²) in [5.41, 5.74) is 6.00. The third-order valence-electron chi connectivity index (χ3n) is 3.97. The molecule has 0 aliphatic carbocycles. The fraction of sp³-hybridized carbons (Fsp3) is 0.286. The standard InChI is InChI=1S/C21H24BrN3O5/c1-13(2)19(26)23-16-7-4-14(5-8-16)20(27)24-25-21(28)15-6-9-18(17(22)12-15)30-11-10-29-3/h4-9,12-13H,10-11H2,1-3H3,(H,23,26)(H,24,27)(H,25,28). The number of carbonyl (C=O) groups is 3. The molecule has 30 heavy (non-hydrogen) atoms. The van der Waals surface area contributed by atoms with E-state index in [2.05, 4.69) is 32.1 Å². The maximum absolute atomic E-state index is 12.3. The summed E-state index contributed by atoms with van der Waals surface area (Å²) >= 11 is 3.35. The minimum atomic E-state index is -0.483. The van der Waals surface area contributed by atoms with Gasteiger partial charge < -0.3 is 14.8 Å². The zero-order valence-corrected chi connectivity index (χ0v) is 18.5. The highest BCUT2D eigenvalue weighted by molar-refractivity contribution is 9.10. The van der Waals surface area contributed by atoms with Crippen molar-refractivity contribution in [2.45, 2.75) is 13.8 Å². The van der Waals surface area contributed by atoms with Gasteiger partial charge in [-0.25, -0.2) is 0 Å². The zero-order valence-electron chi connectivity index (χ0n) is 17.0. The van der Waals surface area contributed by atoms with E-state index >= 15 is 0 Å². The first-order chi connectivity index (χ1) is 14.3. The number of hydrogen-bond donors (Lipinski definition) is 3. The van der Waals surface area contributed by atoms with Crippen molar-refractivity contribution in [3.05, 3.63) is 58.1 Å². The Morgan fingerprint density at radius 2 is 1.53 bits per heavy atom. The molecule has 0 aliphatic heterocycles. The Balaban J connectivity index is 1.90. The first kappa shape index (κ1) is 23.4. The molecular weight excluding hydrogens is 454 g/mol.